The van der Waals surface area contributed by atoms with E-state index in [2.05, 4.69) is 10.4 Å². The Morgan fingerprint density at radius 3 is 2.52 bits per heavy atom. The number of likely N-dealkylation sites (N-methyl/N-ethyl adjacent to an activating group) is 1. The summed E-state index contributed by atoms with van der Waals surface area (Å²) in [6.45, 7) is 7.78. The highest BCUT2D eigenvalue weighted by Crippen LogP contribution is 2.27. The lowest BCUT2D eigenvalue weighted by Gasteiger charge is -2.19. The third-order valence-corrected chi connectivity index (χ3v) is 5.53. The molecular weight excluding hydrogens is 418 g/mol. The predicted octanol–water partition coefficient (Wildman–Crippen LogP) is 4.60. The van der Waals surface area contributed by atoms with Crippen LogP contribution in [0, 0.1) is 13.8 Å². The van der Waals surface area contributed by atoms with Gasteiger partial charge in [-0.1, -0.05) is 18.2 Å². The average molecular weight is 446 g/mol. The smallest absolute Gasteiger partial charge is 0.254 e. The average Bonchev–Trinajstić information content (AvgIpc) is 3.45. The summed E-state index contributed by atoms with van der Waals surface area (Å²) in [5.74, 6) is -0.00858. The van der Waals surface area contributed by atoms with Crippen molar-refractivity contribution < 1.29 is 14.0 Å². The van der Waals surface area contributed by atoms with Crippen molar-refractivity contribution in [3.8, 4) is 11.5 Å². The Kier molecular flexibility index (Phi) is 6.00. The summed E-state index contributed by atoms with van der Waals surface area (Å²) < 4.78 is 7.28. The highest BCUT2D eigenvalue weighted by Gasteiger charge is 2.23. The summed E-state index contributed by atoms with van der Waals surface area (Å²) in [6, 6.07) is 11.1. The number of nitrogens with one attached hydrogen (secondary N) is 1. The molecule has 0 aliphatic rings. The maximum atomic E-state index is 13.4. The number of furan rings is 1. The van der Waals surface area contributed by atoms with Gasteiger partial charge in [-0.2, -0.15) is 5.10 Å². The van der Waals surface area contributed by atoms with Gasteiger partial charge in [0.05, 0.1) is 30.0 Å². The van der Waals surface area contributed by atoms with Crippen molar-refractivity contribution in [3.63, 3.8) is 0 Å². The molecule has 0 radical (unpaired) electrons. The Labute approximate surface area is 192 Å². The molecule has 0 unspecified atom stereocenters. The summed E-state index contributed by atoms with van der Waals surface area (Å²) >= 11 is 0. The largest absolute Gasteiger partial charge is 0.463 e. The summed E-state index contributed by atoms with van der Waals surface area (Å²) in [7, 11) is 1.61. The third-order valence-electron chi connectivity index (χ3n) is 5.53. The van der Waals surface area contributed by atoms with Gasteiger partial charge in [0.25, 0.3) is 5.91 Å². The second-order valence-corrected chi connectivity index (χ2v) is 8.43. The number of nitrogens with zero attached hydrogens (tertiary/aromatic N) is 4. The lowest BCUT2D eigenvalue weighted by Crippen LogP contribution is -2.35. The van der Waals surface area contributed by atoms with Crippen molar-refractivity contribution in [3.05, 3.63) is 65.5 Å². The van der Waals surface area contributed by atoms with E-state index in [0.717, 1.165) is 16.8 Å². The molecule has 0 aliphatic carbocycles. The monoisotopic (exact) mass is 445 g/mol. The maximum Gasteiger partial charge on any atom is 0.254 e. The van der Waals surface area contributed by atoms with E-state index < -0.39 is 0 Å². The molecule has 0 saturated heterocycles. The van der Waals surface area contributed by atoms with E-state index in [9.17, 15) is 9.59 Å². The number of hydrogen-bond acceptors (Lipinski definition) is 5. The van der Waals surface area contributed by atoms with Crippen LogP contribution in [0.1, 0.15) is 41.4 Å². The van der Waals surface area contributed by atoms with Gasteiger partial charge in [0, 0.05) is 18.8 Å². The minimum atomic E-state index is -0.296. The van der Waals surface area contributed by atoms with E-state index >= 15 is 0 Å². The molecular formula is C25H27N5O3. The fraction of sp³-hybridized carbons (Fsp3) is 0.280. The number of para-hydroxylation sites is 1. The summed E-state index contributed by atoms with van der Waals surface area (Å²) in [6.07, 6.45) is 3.21. The number of aromatic nitrogens is 3. The molecule has 33 heavy (non-hydrogen) atoms. The molecule has 2 amide bonds. The van der Waals surface area contributed by atoms with Crippen LogP contribution in [-0.4, -0.2) is 45.1 Å². The molecule has 4 aromatic rings. The van der Waals surface area contributed by atoms with Crippen LogP contribution in [0.4, 0.5) is 5.69 Å². The Hall–Kier alpha value is -3.94. The molecule has 8 nitrogen and oxygen atoms in total. The van der Waals surface area contributed by atoms with Crippen molar-refractivity contribution in [2.75, 3.05) is 18.9 Å². The zero-order chi connectivity index (χ0) is 23.7. The van der Waals surface area contributed by atoms with Crippen LogP contribution in [0.3, 0.4) is 0 Å². The number of benzene rings is 1. The Balaban J connectivity index is 1.65. The SMILES string of the molecule is Cc1cccc(C)c1NC(=O)CN(C)C(=O)c1cc(-c2ccco2)nc2c1cnn2C(C)C. The molecule has 0 aliphatic heterocycles. The van der Waals surface area contributed by atoms with E-state index in [1.807, 2.05) is 45.9 Å². The normalized spacial score (nSPS) is 11.2. The first-order chi connectivity index (χ1) is 15.8. The first-order valence-corrected chi connectivity index (χ1v) is 10.8. The molecule has 8 heteroatoms. The van der Waals surface area contributed by atoms with Crippen molar-refractivity contribution >= 4 is 28.5 Å². The van der Waals surface area contributed by atoms with Crippen LogP contribution in [0.2, 0.25) is 0 Å². The van der Waals surface area contributed by atoms with Crippen molar-refractivity contribution in [1.82, 2.24) is 19.7 Å². The fourth-order valence-corrected chi connectivity index (χ4v) is 3.81. The number of pyridine rings is 1. The highest BCUT2D eigenvalue weighted by atomic mass is 16.3. The van der Waals surface area contributed by atoms with E-state index in [1.165, 1.54) is 4.90 Å². The maximum absolute atomic E-state index is 13.4. The van der Waals surface area contributed by atoms with Gasteiger partial charge in [-0.25, -0.2) is 9.67 Å². The summed E-state index contributed by atoms with van der Waals surface area (Å²) in [5, 5.41) is 7.99. The first-order valence-electron chi connectivity index (χ1n) is 10.8. The van der Waals surface area contributed by atoms with E-state index in [1.54, 1.807) is 42.4 Å². The molecule has 0 fully saturated rings. The zero-order valence-electron chi connectivity index (χ0n) is 19.4. The lowest BCUT2D eigenvalue weighted by atomic mass is 10.1. The standard InChI is InChI=1S/C25H27N5O3/c1-15(2)30-24-19(13-26-30)18(12-20(27-24)21-10-7-11-33-21)25(32)29(5)14-22(31)28-23-16(3)8-6-9-17(23)4/h6-13,15H,14H2,1-5H3,(H,28,31). The second kappa shape index (κ2) is 8.90. The van der Waals surface area contributed by atoms with Gasteiger partial charge in [0.1, 0.15) is 5.69 Å². The molecule has 0 spiro atoms. The number of rotatable bonds is 6. The van der Waals surface area contributed by atoms with Gasteiger partial charge in [-0.05, 0) is 57.0 Å². The minimum absolute atomic E-state index is 0.0608. The van der Waals surface area contributed by atoms with Crippen LogP contribution in [0.5, 0.6) is 0 Å². The Morgan fingerprint density at radius 2 is 1.88 bits per heavy atom. The van der Waals surface area contributed by atoms with Gasteiger partial charge in [0.15, 0.2) is 11.4 Å². The number of carbonyl (C=O) groups is 2. The Bertz CT molecular complexity index is 1300. The number of aryl methyl sites for hydroxylation is 2. The van der Waals surface area contributed by atoms with Crippen molar-refractivity contribution in [2.24, 2.45) is 0 Å². The number of amides is 2. The van der Waals surface area contributed by atoms with Crippen LogP contribution < -0.4 is 5.32 Å². The number of carbonyl (C=O) groups excluding carboxylic acids is 2. The van der Waals surface area contributed by atoms with Crippen LogP contribution in [-0.2, 0) is 4.79 Å². The van der Waals surface area contributed by atoms with Crippen molar-refractivity contribution in [1.29, 1.82) is 0 Å². The van der Waals surface area contributed by atoms with Gasteiger partial charge in [-0.15, -0.1) is 0 Å². The molecule has 1 aromatic carbocycles. The molecule has 3 aromatic heterocycles. The van der Waals surface area contributed by atoms with Gasteiger partial charge in [-0.3, -0.25) is 9.59 Å². The molecule has 0 saturated carbocycles. The van der Waals surface area contributed by atoms with Gasteiger partial charge in [0.2, 0.25) is 5.91 Å². The minimum Gasteiger partial charge on any atom is -0.463 e. The number of anilines is 1. The van der Waals surface area contributed by atoms with Crippen molar-refractivity contribution in [2.45, 2.75) is 33.7 Å². The molecule has 4 rings (SSSR count). The number of fused-ring (bicyclic) bond motifs is 1. The van der Waals surface area contributed by atoms with Crippen LogP contribution in [0.15, 0.2) is 53.3 Å². The fourth-order valence-electron chi connectivity index (χ4n) is 3.81. The van der Waals surface area contributed by atoms with Gasteiger partial charge >= 0.3 is 0 Å². The molecule has 0 atom stereocenters. The van der Waals surface area contributed by atoms with Gasteiger partial charge < -0.3 is 14.6 Å². The topological polar surface area (TPSA) is 93.3 Å². The lowest BCUT2D eigenvalue weighted by molar-refractivity contribution is -0.116. The van der Waals surface area contributed by atoms with E-state index in [4.69, 9.17) is 9.40 Å². The van der Waals surface area contributed by atoms with E-state index in [-0.39, 0.29) is 24.4 Å². The summed E-state index contributed by atoms with van der Waals surface area (Å²) in [5.41, 5.74) is 4.26. The first kappa shape index (κ1) is 22.3. The summed E-state index contributed by atoms with van der Waals surface area (Å²) in [4.78, 5) is 32.3. The predicted molar refractivity (Wildman–Crippen MR) is 127 cm³/mol. The third kappa shape index (κ3) is 4.37. The zero-order valence-corrected chi connectivity index (χ0v) is 19.4. The molecule has 0 bridgehead atoms. The van der Waals surface area contributed by atoms with Crippen LogP contribution in [0.25, 0.3) is 22.5 Å². The number of hydrogen-bond donors (Lipinski definition) is 1. The quantitative estimate of drug-likeness (QED) is 0.468. The Morgan fingerprint density at radius 1 is 1.15 bits per heavy atom. The van der Waals surface area contributed by atoms with E-state index in [0.29, 0.717) is 28.1 Å². The van der Waals surface area contributed by atoms with Crippen LogP contribution >= 0.6 is 0 Å². The highest BCUT2D eigenvalue weighted by molar-refractivity contribution is 6.07. The molecule has 3 heterocycles. The second-order valence-electron chi connectivity index (χ2n) is 8.43. The molecule has 1 N–H and O–H groups in total. The molecule has 170 valence electrons.